The summed E-state index contributed by atoms with van der Waals surface area (Å²) in [5, 5.41) is 3.39. The first-order chi connectivity index (χ1) is 9.42. The van der Waals surface area contributed by atoms with Crippen LogP contribution in [-0.2, 0) is 6.61 Å². The highest BCUT2D eigenvalue weighted by Crippen LogP contribution is 2.20. The standard InChI is InChI=1S/C17H20FNO/c1-17(2,3)19-15-8-10-16(11-9-15)20-12-13-4-6-14(18)7-5-13/h4-11,19H,12H2,1-3H3. The summed E-state index contributed by atoms with van der Waals surface area (Å²) in [6, 6.07) is 14.2. The molecular weight excluding hydrogens is 253 g/mol. The van der Waals surface area contributed by atoms with E-state index in [4.69, 9.17) is 4.74 Å². The molecule has 2 aromatic rings. The van der Waals surface area contributed by atoms with Gasteiger partial charge in [-0.05, 0) is 62.7 Å². The third kappa shape index (κ3) is 4.57. The van der Waals surface area contributed by atoms with E-state index in [1.54, 1.807) is 12.1 Å². The lowest BCUT2D eigenvalue weighted by Crippen LogP contribution is -2.25. The van der Waals surface area contributed by atoms with Crippen molar-refractivity contribution in [2.45, 2.75) is 32.9 Å². The van der Waals surface area contributed by atoms with Crippen molar-refractivity contribution in [3.63, 3.8) is 0 Å². The molecule has 106 valence electrons. The van der Waals surface area contributed by atoms with Gasteiger partial charge in [0.05, 0.1) is 0 Å². The van der Waals surface area contributed by atoms with E-state index in [0.717, 1.165) is 17.0 Å². The first-order valence-electron chi connectivity index (χ1n) is 6.68. The second kappa shape index (κ2) is 5.95. The number of ether oxygens (including phenoxy) is 1. The summed E-state index contributed by atoms with van der Waals surface area (Å²) < 4.78 is 18.4. The van der Waals surface area contributed by atoms with Crippen molar-refractivity contribution in [1.82, 2.24) is 0 Å². The Kier molecular flexibility index (Phi) is 4.28. The number of hydrogen-bond donors (Lipinski definition) is 1. The first kappa shape index (κ1) is 14.4. The third-order valence-electron chi connectivity index (χ3n) is 2.69. The summed E-state index contributed by atoms with van der Waals surface area (Å²) >= 11 is 0. The molecule has 2 rings (SSSR count). The second-order valence-corrected chi connectivity index (χ2v) is 5.81. The molecule has 0 aliphatic heterocycles. The molecule has 2 aromatic carbocycles. The van der Waals surface area contributed by atoms with E-state index in [1.807, 2.05) is 24.3 Å². The zero-order chi connectivity index (χ0) is 14.6. The minimum absolute atomic E-state index is 0.0382. The van der Waals surface area contributed by atoms with Gasteiger partial charge in [0.2, 0.25) is 0 Å². The van der Waals surface area contributed by atoms with Crippen molar-refractivity contribution in [2.75, 3.05) is 5.32 Å². The van der Waals surface area contributed by atoms with Crippen LogP contribution in [0.25, 0.3) is 0 Å². The summed E-state index contributed by atoms with van der Waals surface area (Å²) in [5.41, 5.74) is 2.05. The maximum Gasteiger partial charge on any atom is 0.123 e. The molecule has 0 aliphatic carbocycles. The van der Waals surface area contributed by atoms with Crippen molar-refractivity contribution in [3.05, 3.63) is 59.9 Å². The largest absolute Gasteiger partial charge is 0.489 e. The fourth-order valence-electron chi connectivity index (χ4n) is 1.81. The second-order valence-electron chi connectivity index (χ2n) is 5.81. The van der Waals surface area contributed by atoms with Gasteiger partial charge in [0.15, 0.2) is 0 Å². The molecule has 3 heteroatoms. The van der Waals surface area contributed by atoms with E-state index in [1.165, 1.54) is 12.1 Å². The number of anilines is 1. The molecule has 0 amide bonds. The van der Waals surface area contributed by atoms with Gasteiger partial charge in [0.1, 0.15) is 18.2 Å². The van der Waals surface area contributed by atoms with E-state index < -0.39 is 0 Å². The topological polar surface area (TPSA) is 21.3 Å². The number of halogens is 1. The van der Waals surface area contributed by atoms with Crippen LogP contribution < -0.4 is 10.1 Å². The van der Waals surface area contributed by atoms with Gasteiger partial charge in [0.25, 0.3) is 0 Å². The van der Waals surface area contributed by atoms with Gasteiger partial charge in [-0.1, -0.05) is 12.1 Å². The maximum atomic E-state index is 12.8. The minimum atomic E-state index is -0.230. The van der Waals surface area contributed by atoms with Crippen molar-refractivity contribution in [2.24, 2.45) is 0 Å². The zero-order valence-corrected chi connectivity index (χ0v) is 12.1. The Balaban J connectivity index is 1.92. The summed E-state index contributed by atoms with van der Waals surface area (Å²) in [6.07, 6.45) is 0. The monoisotopic (exact) mass is 273 g/mol. The quantitative estimate of drug-likeness (QED) is 0.878. The Morgan fingerprint density at radius 3 is 2.10 bits per heavy atom. The predicted octanol–water partition coefficient (Wildman–Crippen LogP) is 4.62. The van der Waals surface area contributed by atoms with E-state index in [2.05, 4.69) is 26.1 Å². The summed E-state index contributed by atoms with van der Waals surface area (Å²) in [7, 11) is 0. The normalized spacial score (nSPS) is 11.2. The Bertz CT molecular complexity index is 541. The molecule has 0 aromatic heterocycles. The molecular formula is C17H20FNO. The van der Waals surface area contributed by atoms with Crippen molar-refractivity contribution < 1.29 is 9.13 Å². The Labute approximate surface area is 119 Å². The van der Waals surface area contributed by atoms with Crippen LogP contribution in [0.5, 0.6) is 5.75 Å². The van der Waals surface area contributed by atoms with Crippen molar-refractivity contribution in [3.8, 4) is 5.75 Å². The van der Waals surface area contributed by atoms with E-state index in [9.17, 15) is 4.39 Å². The number of nitrogens with one attached hydrogen (secondary N) is 1. The van der Waals surface area contributed by atoms with Crippen LogP contribution in [-0.4, -0.2) is 5.54 Å². The lowest BCUT2D eigenvalue weighted by Gasteiger charge is -2.22. The maximum absolute atomic E-state index is 12.8. The van der Waals surface area contributed by atoms with Crippen LogP contribution in [0.1, 0.15) is 26.3 Å². The highest BCUT2D eigenvalue weighted by atomic mass is 19.1. The van der Waals surface area contributed by atoms with Gasteiger partial charge in [-0.15, -0.1) is 0 Å². The van der Waals surface area contributed by atoms with Crippen LogP contribution in [0.2, 0.25) is 0 Å². The summed E-state index contributed by atoms with van der Waals surface area (Å²) in [4.78, 5) is 0. The highest BCUT2D eigenvalue weighted by Gasteiger charge is 2.08. The van der Waals surface area contributed by atoms with E-state index in [0.29, 0.717) is 6.61 Å². The highest BCUT2D eigenvalue weighted by molar-refractivity contribution is 5.47. The molecule has 0 heterocycles. The molecule has 2 nitrogen and oxygen atoms in total. The Hall–Kier alpha value is -2.03. The van der Waals surface area contributed by atoms with Gasteiger partial charge in [-0.25, -0.2) is 4.39 Å². The molecule has 0 spiro atoms. The summed E-state index contributed by atoms with van der Waals surface area (Å²) in [5.74, 6) is 0.570. The SMILES string of the molecule is CC(C)(C)Nc1ccc(OCc2ccc(F)cc2)cc1. The van der Waals surface area contributed by atoms with Gasteiger partial charge in [0, 0.05) is 11.2 Å². The fraction of sp³-hybridized carbons (Fsp3) is 0.294. The van der Waals surface area contributed by atoms with E-state index in [-0.39, 0.29) is 11.4 Å². The number of benzene rings is 2. The van der Waals surface area contributed by atoms with Crippen LogP contribution in [0, 0.1) is 5.82 Å². The minimum Gasteiger partial charge on any atom is -0.489 e. The van der Waals surface area contributed by atoms with Crippen LogP contribution in [0.15, 0.2) is 48.5 Å². The first-order valence-corrected chi connectivity index (χ1v) is 6.68. The molecule has 0 aliphatic rings. The molecule has 0 radical (unpaired) electrons. The molecule has 0 fully saturated rings. The average Bonchev–Trinajstić information content (AvgIpc) is 2.38. The van der Waals surface area contributed by atoms with Gasteiger partial charge >= 0.3 is 0 Å². The molecule has 0 atom stereocenters. The zero-order valence-electron chi connectivity index (χ0n) is 12.1. The van der Waals surface area contributed by atoms with Crippen molar-refractivity contribution in [1.29, 1.82) is 0 Å². The lowest BCUT2D eigenvalue weighted by atomic mass is 10.1. The smallest absolute Gasteiger partial charge is 0.123 e. The van der Waals surface area contributed by atoms with E-state index >= 15 is 0 Å². The average molecular weight is 273 g/mol. The van der Waals surface area contributed by atoms with Crippen LogP contribution in [0.4, 0.5) is 10.1 Å². The Morgan fingerprint density at radius 2 is 1.55 bits per heavy atom. The molecule has 20 heavy (non-hydrogen) atoms. The van der Waals surface area contributed by atoms with Gasteiger partial charge in [-0.3, -0.25) is 0 Å². The number of rotatable bonds is 4. The molecule has 0 unspecified atom stereocenters. The summed E-state index contributed by atoms with van der Waals surface area (Å²) in [6.45, 7) is 6.79. The molecule has 0 saturated heterocycles. The van der Waals surface area contributed by atoms with Crippen LogP contribution in [0.3, 0.4) is 0 Å². The molecule has 0 bridgehead atoms. The fourth-order valence-corrected chi connectivity index (χ4v) is 1.81. The van der Waals surface area contributed by atoms with Crippen LogP contribution >= 0.6 is 0 Å². The number of hydrogen-bond acceptors (Lipinski definition) is 2. The molecule has 0 saturated carbocycles. The third-order valence-corrected chi connectivity index (χ3v) is 2.69. The Morgan fingerprint density at radius 1 is 0.950 bits per heavy atom. The predicted molar refractivity (Wildman–Crippen MR) is 80.5 cm³/mol. The van der Waals surface area contributed by atoms with Gasteiger partial charge < -0.3 is 10.1 Å². The molecule has 1 N–H and O–H groups in total. The van der Waals surface area contributed by atoms with Crippen molar-refractivity contribution >= 4 is 5.69 Å². The lowest BCUT2D eigenvalue weighted by molar-refractivity contribution is 0.306. The van der Waals surface area contributed by atoms with Gasteiger partial charge in [-0.2, -0.15) is 0 Å².